The average Bonchev–Trinajstić information content (AvgIpc) is 2.69. The molecule has 0 aliphatic rings. The van der Waals surface area contributed by atoms with E-state index < -0.39 is 5.97 Å². The number of unbranched alkanes of at least 4 members (excludes halogenated alkanes) is 1. The lowest BCUT2D eigenvalue weighted by molar-refractivity contribution is -0.146. The molecule has 8 nitrogen and oxygen atoms in total. The molecule has 0 amide bonds. The maximum atomic E-state index is 11.4. The normalized spacial score (nSPS) is 10.6. The van der Waals surface area contributed by atoms with Crippen molar-refractivity contribution in [1.82, 2.24) is 0 Å². The number of carboxylic acids is 1. The van der Waals surface area contributed by atoms with Crippen LogP contribution in [0.2, 0.25) is 0 Å². The van der Waals surface area contributed by atoms with E-state index in [-0.39, 0.29) is 25.4 Å². The molecule has 0 aromatic heterocycles. The molecule has 0 spiro atoms. The van der Waals surface area contributed by atoms with Gasteiger partial charge in [0.1, 0.15) is 19.0 Å². The highest BCUT2D eigenvalue weighted by Gasteiger charge is 2.04. The van der Waals surface area contributed by atoms with Crippen molar-refractivity contribution in [1.29, 1.82) is 0 Å². The van der Waals surface area contributed by atoms with Gasteiger partial charge in [0, 0.05) is 12.8 Å². The van der Waals surface area contributed by atoms with E-state index in [9.17, 15) is 9.59 Å². The van der Waals surface area contributed by atoms with Crippen LogP contribution >= 0.6 is 0 Å². The van der Waals surface area contributed by atoms with Gasteiger partial charge in [-0.1, -0.05) is 18.2 Å². The summed E-state index contributed by atoms with van der Waals surface area (Å²) in [6.45, 7) is 3.28. The molecule has 0 fully saturated rings. The number of para-hydroxylation sites is 1. The Morgan fingerprint density at radius 3 is 1.86 bits per heavy atom. The molecule has 0 heterocycles. The summed E-state index contributed by atoms with van der Waals surface area (Å²) in [6, 6.07) is 9.56. The molecule has 0 unspecified atom stereocenters. The Morgan fingerprint density at radius 2 is 1.25 bits per heavy atom. The number of rotatable bonds is 18. The molecule has 1 N–H and O–H groups in total. The number of ether oxygens (including phenoxy) is 5. The highest BCUT2D eigenvalue weighted by molar-refractivity contribution is 5.69. The van der Waals surface area contributed by atoms with Crippen LogP contribution in [0.3, 0.4) is 0 Å². The molecule has 0 aliphatic carbocycles. The minimum absolute atomic E-state index is 0.0723. The van der Waals surface area contributed by atoms with Crippen LogP contribution in [-0.4, -0.2) is 69.9 Å². The largest absolute Gasteiger partial charge is 0.491 e. The van der Waals surface area contributed by atoms with Crippen LogP contribution in [0.4, 0.5) is 0 Å². The number of hydrogen-bond acceptors (Lipinski definition) is 7. The maximum absolute atomic E-state index is 11.4. The van der Waals surface area contributed by atoms with E-state index in [0.717, 1.165) is 5.75 Å². The standard InChI is InChI=1S/C20H30O8/c21-19(22)8-4-5-9-20(23)28-17-15-26-13-11-24-10-12-25-14-16-27-18-6-2-1-3-7-18/h1-3,6-7H,4-5,8-17H2,(H,21,22). The fourth-order valence-electron chi connectivity index (χ4n) is 2.11. The van der Waals surface area contributed by atoms with Crippen LogP contribution < -0.4 is 4.74 Å². The van der Waals surface area contributed by atoms with Gasteiger partial charge in [-0.25, -0.2) is 0 Å². The van der Waals surface area contributed by atoms with Crippen molar-refractivity contribution < 1.29 is 38.4 Å². The number of hydrogen-bond donors (Lipinski definition) is 1. The van der Waals surface area contributed by atoms with E-state index in [1.54, 1.807) is 0 Å². The molecular weight excluding hydrogens is 368 g/mol. The molecule has 0 atom stereocenters. The van der Waals surface area contributed by atoms with Crippen molar-refractivity contribution in [2.45, 2.75) is 25.7 Å². The first-order chi connectivity index (χ1) is 13.7. The number of carbonyl (C=O) groups excluding carboxylic acids is 1. The van der Waals surface area contributed by atoms with Crippen molar-refractivity contribution in [3.8, 4) is 5.75 Å². The third-order valence-electron chi connectivity index (χ3n) is 3.50. The average molecular weight is 398 g/mol. The van der Waals surface area contributed by atoms with Gasteiger partial charge in [0.15, 0.2) is 0 Å². The molecule has 0 bridgehead atoms. The molecule has 1 aromatic carbocycles. The zero-order valence-electron chi connectivity index (χ0n) is 16.2. The Bertz CT molecular complexity index is 520. The quantitative estimate of drug-likeness (QED) is 0.297. The number of esters is 1. The SMILES string of the molecule is O=C(O)CCCCC(=O)OCCOCCOCCOCCOc1ccccc1. The fraction of sp³-hybridized carbons (Fsp3) is 0.600. The highest BCUT2D eigenvalue weighted by Crippen LogP contribution is 2.07. The summed E-state index contributed by atoms with van der Waals surface area (Å²) < 4.78 is 26.5. The van der Waals surface area contributed by atoms with Gasteiger partial charge in [0.05, 0.1) is 39.6 Å². The highest BCUT2D eigenvalue weighted by atomic mass is 16.6. The minimum Gasteiger partial charge on any atom is -0.491 e. The van der Waals surface area contributed by atoms with Crippen LogP contribution in [0, 0.1) is 0 Å². The topological polar surface area (TPSA) is 101 Å². The van der Waals surface area contributed by atoms with Gasteiger partial charge in [0.2, 0.25) is 0 Å². The van der Waals surface area contributed by atoms with E-state index in [4.69, 9.17) is 28.8 Å². The molecule has 8 heteroatoms. The second-order valence-corrected chi connectivity index (χ2v) is 5.82. The predicted molar refractivity (Wildman–Crippen MR) is 101 cm³/mol. The Kier molecular flexibility index (Phi) is 14.5. The van der Waals surface area contributed by atoms with E-state index in [1.165, 1.54) is 0 Å². The van der Waals surface area contributed by atoms with Crippen LogP contribution in [0.1, 0.15) is 25.7 Å². The first-order valence-corrected chi connectivity index (χ1v) is 9.47. The molecule has 1 rings (SSSR count). The van der Waals surface area contributed by atoms with Crippen molar-refractivity contribution in [2.24, 2.45) is 0 Å². The van der Waals surface area contributed by atoms with Crippen LogP contribution in [-0.2, 0) is 28.5 Å². The van der Waals surface area contributed by atoms with Gasteiger partial charge in [-0.15, -0.1) is 0 Å². The number of benzene rings is 1. The van der Waals surface area contributed by atoms with E-state index in [1.807, 2.05) is 30.3 Å². The molecular formula is C20H30O8. The molecule has 0 saturated carbocycles. The Balaban J connectivity index is 1.76. The van der Waals surface area contributed by atoms with E-state index >= 15 is 0 Å². The number of carbonyl (C=O) groups is 2. The van der Waals surface area contributed by atoms with Crippen molar-refractivity contribution in [3.05, 3.63) is 30.3 Å². The Labute approximate surface area is 165 Å². The summed E-state index contributed by atoms with van der Waals surface area (Å²) >= 11 is 0. The minimum atomic E-state index is -0.854. The Hall–Kier alpha value is -2.16. The summed E-state index contributed by atoms with van der Waals surface area (Å²) in [5.41, 5.74) is 0. The zero-order chi connectivity index (χ0) is 20.3. The second kappa shape index (κ2) is 17.0. The van der Waals surface area contributed by atoms with Crippen molar-refractivity contribution >= 4 is 11.9 Å². The van der Waals surface area contributed by atoms with Gasteiger partial charge in [-0.3, -0.25) is 9.59 Å². The van der Waals surface area contributed by atoms with Gasteiger partial charge in [0.25, 0.3) is 0 Å². The zero-order valence-corrected chi connectivity index (χ0v) is 16.2. The van der Waals surface area contributed by atoms with Gasteiger partial charge >= 0.3 is 11.9 Å². The van der Waals surface area contributed by atoms with E-state index in [2.05, 4.69) is 0 Å². The molecule has 28 heavy (non-hydrogen) atoms. The van der Waals surface area contributed by atoms with Crippen LogP contribution in [0.15, 0.2) is 30.3 Å². The molecule has 0 saturated heterocycles. The molecule has 0 radical (unpaired) electrons. The summed E-state index contributed by atoms with van der Waals surface area (Å²) in [5.74, 6) is -0.366. The van der Waals surface area contributed by atoms with Gasteiger partial charge < -0.3 is 28.8 Å². The summed E-state index contributed by atoms with van der Waals surface area (Å²) in [6.07, 6.45) is 1.29. The van der Waals surface area contributed by atoms with Crippen LogP contribution in [0.5, 0.6) is 5.75 Å². The first-order valence-electron chi connectivity index (χ1n) is 9.47. The smallest absolute Gasteiger partial charge is 0.305 e. The third-order valence-corrected chi connectivity index (χ3v) is 3.50. The van der Waals surface area contributed by atoms with Gasteiger partial charge in [-0.05, 0) is 25.0 Å². The van der Waals surface area contributed by atoms with Crippen LogP contribution in [0.25, 0.3) is 0 Å². The molecule has 158 valence electrons. The second-order valence-electron chi connectivity index (χ2n) is 5.82. The van der Waals surface area contributed by atoms with Gasteiger partial charge in [-0.2, -0.15) is 0 Å². The lowest BCUT2D eigenvalue weighted by Crippen LogP contribution is -2.14. The van der Waals surface area contributed by atoms with E-state index in [0.29, 0.717) is 59.1 Å². The fourth-order valence-corrected chi connectivity index (χ4v) is 2.11. The molecule has 0 aliphatic heterocycles. The summed E-state index contributed by atoms with van der Waals surface area (Å²) in [5, 5.41) is 8.49. The number of carboxylic acid groups (broad SMARTS) is 1. The summed E-state index contributed by atoms with van der Waals surface area (Å²) in [4.78, 5) is 21.7. The monoisotopic (exact) mass is 398 g/mol. The predicted octanol–water partition coefficient (Wildman–Crippen LogP) is 2.30. The lowest BCUT2D eigenvalue weighted by Gasteiger charge is -2.08. The maximum Gasteiger partial charge on any atom is 0.305 e. The first kappa shape index (κ1) is 23.9. The lowest BCUT2D eigenvalue weighted by atomic mass is 10.2. The third kappa shape index (κ3) is 15.0. The summed E-state index contributed by atoms with van der Waals surface area (Å²) in [7, 11) is 0. The molecule has 1 aromatic rings. The Morgan fingerprint density at radius 1 is 0.714 bits per heavy atom. The van der Waals surface area contributed by atoms with Crippen molar-refractivity contribution in [3.63, 3.8) is 0 Å². The van der Waals surface area contributed by atoms with Crippen molar-refractivity contribution in [2.75, 3.05) is 52.9 Å². The number of aliphatic carboxylic acids is 1.